The van der Waals surface area contributed by atoms with E-state index in [1.807, 2.05) is 38.1 Å². The number of rotatable bonds is 5. The molecule has 0 amide bonds. The Labute approximate surface area is 169 Å². The van der Waals surface area contributed by atoms with Crippen LogP contribution in [0.3, 0.4) is 0 Å². The molecule has 2 N–H and O–H groups in total. The zero-order chi connectivity index (χ0) is 20.8. The van der Waals surface area contributed by atoms with Crippen molar-refractivity contribution < 1.29 is 14.2 Å². The van der Waals surface area contributed by atoms with Crippen LogP contribution < -0.4 is 4.74 Å². The summed E-state index contributed by atoms with van der Waals surface area (Å²) in [6.45, 7) is 6.31. The van der Waals surface area contributed by atoms with Crippen molar-refractivity contribution in [3.63, 3.8) is 0 Å². The molecule has 0 fully saturated rings. The largest absolute Gasteiger partial charge is 0.493 e. The smallest absolute Gasteiger partial charge is 0.126 e. The van der Waals surface area contributed by atoms with Crippen molar-refractivity contribution in [2.24, 2.45) is 0 Å². The number of para-hydroxylation sites is 1. The van der Waals surface area contributed by atoms with Gasteiger partial charge in [-0.25, -0.2) is 4.39 Å². The quantitative estimate of drug-likeness (QED) is 0.657. The third-order valence-electron chi connectivity index (χ3n) is 5.75. The van der Waals surface area contributed by atoms with E-state index >= 15 is 0 Å². The van der Waals surface area contributed by atoms with E-state index in [0.29, 0.717) is 31.4 Å². The molecule has 0 radical (unpaired) electrons. The van der Waals surface area contributed by atoms with Crippen molar-refractivity contribution in [1.82, 2.24) is 4.98 Å². The van der Waals surface area contributed by atoms with Gasteiger partial charge in [-0.2, -0.15) is 5.26 Å². The summed E-state index contributed by atoms with van der Waals surface area (Å²) < 4.78 is 20.0. The standard InChI is InChI=1S/C24H25FN2O2/c1-23(2,19-11-16(25)10-15-8-9-29-22(15)19)14-24(3,28)12-21-18(13-26)17-6-4-5-7-20(17)27-21/h4-7,10-11,27-28H,8-9,12,14H2,1-3H3. The number of nitriles is 1. The van der Waals surface area contributed by atoms with E-state index in [1.54, 1.807) is 6.92 Å². The first kappa shape index (κ1) is 19.5. The van der Waals surface area contributed by atoms with Crippen LogP contribution in [0.25, 0.3) is 10.9 Å². The van der Waals surface area contributed by atoms with Gasteiger partial charge in [0.1, 0.15) is 17.6 Å². The Kier molecular flexibility index (Phi) is 4.63. The van der Waals surface area contributed by atoms with Gasteiger partial charge in [0.15, 0.2) is 0 Å². The Bertz CT molecular complexity index is 1120. The van der Waals surface area contributed by atoms with Crippen LogP contribution in [-0.2, 0) is 18.3 Å². The van der Waals surface area contributed by atoms with Gasteiger partial charge in [-0.15, -0.1) is 0 Å². The molecule has 4 rings (SSSR count). The number of nitrogens with zero attached hydrogens (tertiary/aromatic N) is 1. The van der Waals surface area contributed by atoms with Gasteiger partial charge in [0, 0.05) is 40.6 Å². The number of aliphatic hydroxyl groups is 1. The first-order valence-corrected chi connectivity index (χ1v) is 9.88. The molecule has 0 spiro atoms. The summed E-state index contributed by atoms with van der Waals surface area (Å²) >= 11 is 0. The highest BCUT2D eigenvalue weighted by molar-refractivity contribution is 5.87. The van der Waals surface area contributed by atoms with Gasteiger partial charge in [0.2, 0.25) is 0 Å². The van der Waals surface area contributed by atoms with Gasteiger partial charge < -0.3 is 14.8 Å². The highest BCUT2D eigenvalue weighted by Gasteiger charge is 2.36. The number of benzene rings is 2. The summed E-state index contributed by atoms with van der Waals surface area (Å²) in [4.78, 5) is 3.28. The van der Waals surface area contributed by atoms with Crippen molar-refractivity contribution in [2.45, 2.75) is 51.0 Å². The molecule has 4 nitrogen and oxygen atoms in total. The summed E-state index contributed by atoms with van der Waals surface area (Å²) in [5, 5.41) is 21.8. The van der Waals surface area contributed by atoms with Crippen LogP contribution >= 0.6 is 0 Å². The molecule has 29 heavy (non-hydrogen) atoms. The van der Waals surface area contributed by atoms with Crippen LogP contribution in [0.4, 0.5) is 4.39 Å². The minimum atomic E-state index is -1.10. The fourth-order valence-electron chi connectivity index (χ4n) is 4.72. The Morgan fingerprint density at radius 1 is 1.24 bits per heavy atom. The predicted octanol–water partition coefficient (Wildman–Crippen LogP) is 4.77. The SMILES string of the molecule is CC(O)(Cc1[nH]c2ccccc2c1C#N)CC(C)(C)c1cc(F)cc2c1OCC2. The number of fused-ring (bicyclic) bond motifs is 2. The third-order valence-corrected chi connectivity index (χ3v) is 5.75. The number of hydrogen-bond donors (Lipinski definition) is 2. The molecule has 1 unspecified atom stereocenters. The van der Waals surface area contributed by atoms with Crippen molar-refractivity contribution in [1.29, 1.82) is 5.26 Å². The molecule has 1 aliphatic heterocycles. The van der Waals surface area contributed by atoms with E-state index in [1.165, 1.54) is 12.1 Å². The minimum Gasteiger partial charge on any atom is -0.493 e. The van der Waals surface area contributed by atoms with Crippen LogP contribution in [0.5, 0.6) is 5.75 Å². The lowest BCUT2D eigenvalue weighted by Crippen LogP contribution is -2.36. The average molecular weight is 392 g/mol. The van der Waals surface area contributed by atoms with Crippen LogP contribution in [0.2, 0.25) is 0 Å². The number of H-pyrrole nitrogens is 1. The Hall–Kier alpha value is -2.84. The second-order valence-electron chi connectivity index (χ2n) is 8.91. The molecule has 0 bridgehead atoms. The first-order chi connectivity index (χ1) is 13.7. The maximum Gasteiger partial charge on any atom is 0.126 e. The van der Waals surface area contributed by atoms with Crippen molar-refractivity contribution in [3.8, 4) is 11.8 Å². The molecular formula is C24H25FN2O2. The molecule has 1 aromatic heterocycles. The monoisotopic (exact) mass is 392 g/mol. The lowest BCUT2D eigenvalue weighted by atomic mass is 9.73. The third kappa shape index (κ3) is 3.61. The highest BCUT2D eigenvalue weighted by Crippen LogP contribution is 2.42. The molecule has 0 saturated heterocycles. The molecule has 0 saturated carbocycles. The van der Waals surface area contributed by atoms with Gasteiger partial charge in [0.25, 0.3) is 0 Å². The van der Waals surface area contributed by atoms with E-state index in [-0.39, 0.29) is 5.82 Å². The summed E-state index contributed by atoms with van der Waals surface area (Å²) in [6.07, 6.45) is 1.39. The lowest BCUT2D eigenvalue weighted by molar-refractivity contribution is 0.0304. The highest BCUT2D eigenvalue weighted by atomic mass is 19.1. The van der Waals surface area contributed by atoms with Gasteiger partial charge >= 0.3 is 0 Å². The molecular weight excluding hydrogens is 367 g/mol. The van der Waals surface area contributed by atoms with Crippen LogP contribution in [0.15, 0.2) is 36.4 Å². The number of ether oxygens (including phenoxy) is 1. The zero-order valence-corrected chi connectivity index (χ0v) is 17.0. The van der Waals surface area contributed by atoms with E-state index in [9.17, 15) is 14.8 Å². The predicted molar refractivity (Wildman–Crippen MR) is 111 cm³/mol. The van der Waals surface area contributed by atoms with Gasteiger partial charge in [0.05, 0.1) is 17.8 Å². The number of aromatic amines is 1. The van der Waals surface area contributed by atoms with Crippen LogP contribution in [-0.4, -0.2) is 22.3 Å². The number of hydrogen-bond acceptors (Lipinski definition) is 3. The zero-order valence-electron chi connectivity index (χ0n) is 17.0. The Morgan fingerprint density at radius 3 is 2.76 bits per heavy atom. The summed E-state index contributed by atoms with van der Waals surface area (Å²) in [6, 6.07) is 12.9. The topological polar surface area (TPSA) is 69.0 Å². The molecule has 5 heteroatoms. The Morgan fingerprint density at radius 2 is 2.00 bits per heavy atom. The van der Waals surface area contributed by atoms with Gasteiger partial charge in [-0.05, 0) is 37.0 Å². The van der Waals surface area contributed by atoms with E-state index in [4.69, 9.17) is 4.74 Å². The molecule has 2 heterocycles. The average Bonchev–Trinajstić information content (AvgIpc) is 3.22. The maximum absolute atomic E-state index is 14.2. The van der Waals surface area contributed by atoms with Crippen LogP contribution in [0.1, 0.15) is 49.6 Å². The lowest BCUT2D eigenvalue weighted by Gasteiger charge is -2.35. The molecule has 1 atom stereocenters. The summed E-state index contributed by atoms with van der Waals surface area (Å²) in [7, 11) is 0. The van der Waals surface area contributed by atoms with Crippen molar-refractivity contribution in [3.05, 3.63) is 64.6 Å². The van der Waals surface area contributed by atoms with Crippen molar-refractivity contribution >= 4 is 10.9 Å². The second kappa shape index (κ2) is 6.89. The van der Waals surface area contributed by atoms with E-state index < -0.39 is 11.0 Å². The van der Waals surface area contributed by atoms with E-state index in [0.717, 1.165) is 33.5 Å². The second-order valence-corrected chi connectivity index (χ2v) is 8.91. The fraction of sp³-hybridized carbons (Fsp3) is 0.375. The van der Waals surface area contributed by atoms with E-state index in [2.05, 4.69) is 11.1 Å². The normalized spacial score (nSPS) is 15.6. The first-order valence-electron chi connectivity index (χ1n) is 9.88. The molecule has 2 aromatic carbocycles. The molecule has 3 aromatic rings. The van der Waals surface area contributed by atoms with Gasteiger partial charge in [-0.1, -0.05) is 32.0 Å². The molecule has 150 valence electrons. The molecule has 1 aliphatic rings. The number of nitrogens with one attached hydrogen (secondary N) is 1. The van der Waals surface area contributed by atoms with Gasteiger partial charge in [-0.3, -0.25) is 0 Å². The maximum atomic E-state index is 14.2. The summed E-state index contributed by atoms with van der Waals surface area (Å²) in [5.74, 6) is 0.467. The molecule has 0 aliphatic carbocycles. The number of halogens is 1. The van der Waals surface area contributed by atoms with Crippen molar-refractivity contribution in [2.75, 3.05) is 6.61 Å². The fourth-order valence-corrected chi connectivity index (χ4v) is 4.72. The summed E-state index contributed by atoms with van der Waals surface area (Å²) in [5.41, 5.74) is 2.21. The Balaban J connectivity index is 1.65. The number of aromatic nitrogens is 1. The van der Waals surface area contributed by atoms with Crippen LogP contribution in [0, 0.1) is 17.1 Å². The minimum absolute atomic E-state index is 0.278.